The van der Waals surface area contributed by atoms with Gasteiger partial charge in [-0.2, -0.15) is 0 Å². The maximum absolute atomic E-state index is 13.2. The zero-order chi connectivity index (χ0) is 26.2. The van der Waals surface area contributed by atoms with Crippen LogP contribution in [0.25, 0.3) is 0 Å². The van der Waals surface area contributed by atoms with Gasteiger partial charge in [0.15, 0.2) is 0 Å². The molecule has 2 N–H and O–H groups in total. The van der Waals surface area contributed by atoms with Gasteiger partial charge in [-0.3, -0.25) is 14.3 Å². The number of nitrogens with one attached hydrogen (secondary N) is 1. The summed E-state index contributed by atoms with van der Waals surface area (Å²) in [5, 5.41) is 10.1. The normalized spacial score (nSPS) is 24.8. The quantitative estimate of drug-likeness (QED) is 0.636. The summed E-state index contributed by atoms with van der Waals surface area (Å²) in [5.74, 6) is 1.02. The van der Waals surface area contributed by atoms with Crippen LogP contribution in [0.5, 0.6) is 0 Å². The number of hydrogen-bond acceptors (Lipinski definition) is 5. The van der Waals surface area contributed by atoms with Gasteiger partial charge in [0.05, 0.1) is 6.04 Å². The van der Waals surface area contributed by atoms with Gasteiger partial charge in [0.1, 0.15) is 11.4 Å². The number of imidazole rings is 1. The Morgan fingerprint density at radius 1 is 0.842 bits per heavy atom. The third-order valence-corrected chi connectivity index (χ3v) is 9.35. The summed E-state index contributed by atoms with van der Waals surface area (Å²) < 4.78 is 2.15. The van der Waals surface area contributed by atoms with Crippen LogP contribution in [-0.2, 0) is 10.2 Å². The fourth-order valence-corrected chi connectivity index (χ4v) is 6.83. The molecule has 6 rings (SSSR count). The van der Waals surface area contributed by atoms with E-state index in [1.54, 1.807) is 4.90 Å². The van der Waals surface area contributed by atoms with Crippen LogP contribution >= 0.6 is 0 Å². The molecule has 3 heterocycles. The highest BCUT2D eigenvalue weighted by Gasteiger charge is 2.50. The number of fused-ring (bicyclic) bond motifs is 2. The predicted octanol–water partition coefficient (Wildman–Crippen LogP) is 4.14. The molecule has 1 aromatic heterocycles. The monoisotopic (exact) mass is 519 g/mol. The minimum atomic E-state index is -1.14. The number of aliphatic hydroxyl groups is 1. The van der Waals surface area contributed by atoms with Gasteiger partial charge in [0.2, 0.25) is 0 Å². The number of nitrogens with zero attached hydrogens (tertiary/aromatic N) is 4. The second-order valence-corrected chi connectivity index (χ2v) is 12.0. The van der Waals surface area contributed by atoms with Gasteiger partial charge in [-0.15, -0.1) is 0 Å². The molecule has 1 spiro atoms. The lowest BCUT2D eigenvalue weighted by molar-refractivity contribution is -0.143. The number of aromatic nitrogens is 2. The Morgan fingerprint density at radius 2 is 1.45 bits per heavy atom. The lowest BCUT2D eigenvalue weighted by Crippen LogP contribution is -2.53. The summed E-state index contributed by atoms with van der Waals surface area (Å²) in [6.45, 7) is 1.95. The molecular weight excluding hydrogens is 478 g/mol. The molecule has 8 nitrogen and oxygen atoms in total. The van der Waals surface area contributed by atoms with E-state index in [9.17, 15) is 14.7 Å². The second kappa shape index (κ2) is 10.4. The van der Waals surface area contributed by atoms with Crippen LogP contribution in [0.15, 0.2) is 36.7 Å². The van der Waals surface area contributed by atoms with E-state index in [1.165, 1.54) is 69.2 Å². The first-order valence-corrected chi connectivity index (χ1v) is 14.7. The summed E-state index contributed by atoms with van der Waals surface area (Å²) in [7, 11) is 0. The first kappa shape index (κ1) is 25.4. The highest BCUT2D eigenvalue weighted by atomic mass is 16.3. The van der Waals surface area contributed by atoms with Gasteiger partial charge in [0.25, 0.3) is 11.8 Å². The van der Waals surface area contributed by atoms with Gasteiger partial charge in [0, 0.05) is 49.6 Å². The summed E-state index contributed by atoms with van der Waals surface area (Å²) in [6.07, 6.45) is 17.6. The average Bonchev–Trinajstić information content (AvgIpc) is 3.52. The third kappa shape index (κ3) is 4.95. The van der Waals surface area contributed by atoms with Crippen molar-refractivity contribution in [2.24, 2.45) is 0 Å². The Bertz CT molecular complexity index is 1140. The Morgan fingerprint density at radius 3 is 2.08 bits per heavy atom. The van der Waals surface area contributed by atoms with Crippen molar-refractivity contribution in [3.05, 3.63) is 53.6 Å². The van der Waals surface area contributed by atoms with Gasteiger partial charge in [-0.05, 0) is 49.8 Å². The van der Waals surface area contributed by atoms with Crippen LogP contribution in [0.3, 0.4) is 0 Å². The Labute approximate surface area is 225 Å². The van der Waals surface area contributed by atoms with E-state index >= 15 is 0 Å². The molecular formula is C30H41N5O3. The van der Waals surface area contributed by atoms with Crippen LogP contribution in [0.1, 0.15) is 105 Å². The van der Waals surface area contributed by atoms with Crippen molar-refractivity contribution in [2.45, 2.75) is 94.1 Å². The van der Waals surface area contributed by atoms with Crippen LogP contribution in [0, 0.1) is 0 Å². The summed E-state index contributed by atoms with van der Waals surface area (Å²) in [4.78, 5) is 34.0. The van der Waals surface area contributed by atoms with Crippen molar-refractivity contribution in [1.82, 2.24) is 19.5 Å². The molecule has 38 heavy (non-hydrogen) atoms. The van der Waals surface area contributed by atoms with E-state index in [-0.39, 0.29) is 23.3 Å². The standard InChI is InChI=1S/C30H41N5O3/c36-26(33-18-20-34(21-19-33)28(37)30(38)14-15-30)24-10-8-23(9-11-24)25-22-29(27-31-16-17-35(27)32-25)12-6-4-2-1-3-5-7-13-29/h8-11,16-17,25,32,38H,1-7,12-15,18-22H2. The van der Waals surface area contributed by atoms with Gasteiger partial charge >= 0.3 is 0 Å². The van der Waals surface area contributed by atoms with E-state index in [0.717, 1.165) is 6.42 Å². The van der Waals surface area contributed by atoms with Crippen LogP contribution in [0.4, 0.5) is 0 Å². The Kier molecular flexibility index (Phi) is 6.93. The number of amides is 2. The van der Waals surface area contributed by atoms with Crippen molar-refractivity contribution in [1.29, 1.82) is 0 Å². The van der Waals surface area contributed by atoms with E-state index in [2.05, 4.69) is 22.2 Å². The molecule has 1 saturated heterocycles. The number of rotatable bonds is 3. The molecule has 4 aliphatic rings. The fourth-order valence-electron chi connectivity index (χ4n) is 6.83. The lowest BCUT2D eigenvalue weighted by atomic mass is 9.70. The number of piperazine rings is 1. The van der Waals surface area contributed by atoms with E-state index in [0.29, 0.717) is 44.6 Å². The van der Waals surface area contributed by atoms with Crippen molar-refractivity contribution in [3.8, 4) is 0 Å². The molecule has 204 valence electrons. The Balaban J connectivity index is 1.13. The zero-order valence-corrected chi connectivity index (χ0v) is 22.4. The predicted molar refractivity (Wildman–Crippen MR) is 145 cm³/mol. The molecule has 8 heteroatoms. The molecule has 3 fully saturated rings. The first-order chi connectivity index (χ1) is 18.5. The molecule has 1 aromatic carbocycles. The third-order valence-electron chi connectivity index (χ3n) is 9.35. The minimum Gasteiger partial charge on any atom is -0.380 e. The number of benzene rings is 1. The number of hydrogen-bond donors (Lipinski definition) is 2. The molecule has 2 aliphatic heterocycles. The van der Waals surface area contributed by atoms with Crippen molar-refractivity contribution < 1.29 is 14.7 Å². The smallest absolute Gasteiger partial charge is 0.254 e. The van der Waals surface area contributed by atoms with E-state index < -0.39 is 5.60 Å². The molecule has 2 aliphatic carbocycles. The Hall–Kier alpha value is -2.87. The molecule has 2 amide bonds. The van der Waals surface area contributed by atoms with Crippen molar-refractivity contribution in [3.63, 3.8) is 0 Å². The largest absolute Gasteiger partial charge is 0.380 e. The maximum Gasteiger partial charge on any atom is 0.254 e. The fraction of sp³-hybridized carbons (Fsp3) is 0.633. The van der Waals surface area contributed by atoms with Gasteiger partial charge in [-0.1, -0.05) is 57.1 Å². The van der Waals surface area contributed by atoms with Crippen molar-refractivity contribution in [2.75, 3.05) is 31.6 Å². The summed E-state index contributed by atoms with van der Waals surface area (Å²) >= 11 is 0. The van der Waals surface area contributed by atoms with Gasteiger partial charge in [-0.25, -0.2) is 4.98 Å². The highest BCUT2D eigenvalue weighted by Crippen LogP contribution is 2.45. The van der Waals surface area contributed by atoms with Crippen LogP contribution < -0.4 is 5.43 Å². The van der Waals surface area contributed by atoms with Crippen LogP contribution in [0.2, 0.25) is 0 Å². The molecule has 2 saturated carbocycles. The first-order valence-electron chi connectivity index (χ1n) is 14.7. The highest BCUT2D eigenvalue weighted by molar-refractivity contribution is 5.94. The SMILES string of the molecule is O=C(c1ccc(C2CC3(CCCCCCCCC3)c3nccn3N2)cc1)N1CCN(C(=O)C2(O)CC2)CC1. The summed E-state index contributed by atoms with van der Waals surface area (Å²) in [5.41, 5.74) is 4.51. The average molecular weight is 520 g/mol. The number of carbonyl (C=O) groups excluding carboxylic acids is 2. The van der Waals surface area contributed by atoms with Crippen molar-refractivity contribution >= 4 is 11.8 Å². The topological polar surface area (TPSA) is 90.7 Å². The zero-order valence-electron chi connectivity index (χ0n) is 22.4. The second-order valence-electron chi connectivity index (χ2n) is 12.0. The molecule has 0 bridgehead atoms. The molecule has 2 aromatic rings. The molecule has 0 radical (unpaired) electrons. The number of carbonyl (C=O) groups is 2. The van der Waals surface area contributed by atoms with E-state index in [4.69, 9.17) is 4.98 Å². The lowest BCUT2D eigenvalue weighted by Gasteiger charge is -2.42. The molecule has 1 atom stereocenters. The molecule has 1 unspecified atom stereocenters. The maximum atomic E-state index is 13.2. The summed E-state index contributed by atoms with van der Waals surface area (Å²) in [6, 6.07) is 8.28. The van der Waals surface area contributed by atoms with Crippen LogP contribution in [-0.4, -0.2) is 68.2 Å². The van der Waals surface area contributed by atoms with E-state index in [1.807, 2.05) is 29.4 Å². The minimum absolute atomic E-state index is 0.00563. The van der Waals surface area contributed by atoms with Gasteiger partial charge < -0.3 is 20.3 Å².